The Bertz CT molecular complexity index is 240. The van der Waals surface area contributed by atoms with Crippen LogP contribution in [0.25, 0.3) is 0 Å². The van der Waals surface area contributed by atoms with Gasteiger partial charge in [-0.1, -0.05) is 11.9 Å². The summed E-state index contributed by atoms with van der Waals surface area (Å²) < 4.78 is 0. The average molecular weight is 360 g/mol. The van der Waals surface area contributed by atoms with E-state index in [1.165, 1.54) is 6.07 Å². The van der Waals surface area contributed by atoms with E-state index in [4.69, 9.17) is 28.3 Å². The van der Waals surface area contributed by atoms with Crippen molar-refractivity contribution in [3.8, 4) is 5.75 Å². The molecule has 1 nitrogen and oxygen atoms in total. The zero-order chi connectivity index (χ0) is 7.72. The van der Waals surface area contributed by atoms with Crippen molar-refractivity contribution in [1.29, 1.82) is 0 Å². The van der Waals surface area contributed by atoms with Crippen molar-refractivity contribution in [1.82, 2.24) is 0 Å². The van der Waals surface area contributed by atoms with E-state index in [1.54, 1.807) is 6.92 Å². The van der Waals surface area contributed by atoms with E-state index in [1.807, 2.05) is 0 Å². The largest absolute Gasteiger partial charge is 0.534 e. The molecule has 0 fully saturated rings. The molecule has 0 radical (unpaired) electrons. The van der Waals surface area contributed by atoms with Crippen LogP contribution in [0.4, 0.5) is 0 Å². The molecule has 1 aromatic rings. The van der Waals surface area contributed by atoms with Crippen molar-refractivity contribution in [2.45, 2.75) is 6.92 Å². The molecule has 4 heteroatoms. The van der Waals surface area contributed by atoms with E-state index in [0.29, 0.717) is 5.02 Å². The fourth-order valence-corrected chi connectivity index (χ4v) is 0.993. The summed E-state index contributed by atoms with van der Waals surface area (Å²) in [7, 11) is 0. The number of hydrogen-bond acceptors (Lipinski definition) is 1. The summed E-state index contributed by atoms with van der Waals surface area (Å²) in [4.78, 5) is 0. The molecule has 0 saturated heterocycles. The van der Waals surface area contributed by atoms with Crippen molar-refractivity contribution < 1.29 is 26.2 Å². The molecule has 0 amide bonds. The number of halogens is 2. The van der Waals surface area contributed by atoms with Crippen molar-refractivity contribution in [2.75, 3.05) is 0 Å². The summed E-state index contributed by atoms with van der Waals surface area (Å²) >= 11 is 11.2. The Labute approximate surface area is 89.6 Å². The molecule has 0 aliphatic rings. The molecular weight excluding hydrogens is 355 g/mol. The van der Waals surface area contributed by atoms with Crippen molar-refractivity contribution in [3.63, 3.8) is 0 Å². The first-order valence-electron chi connectivity index (χ1n) is 2.68. The van der Waals surface area contributed by atoms with Crippen molar-refractivity contribution in [3.05, 3.63) is 27.7 Å². The molecule has 0 bridgehead atoms. The van der Waals surface area contributed by atoms with Gasteiger partial charge in [-0.3, -0.25) is 0 Å². The standard InChI is InChI=1S/C7H5Cl2O.W/c1-4-2-5(10)3-6(8)7(4)9;/h2,10H,1H3;/q-1;. The van der Waals surface area contributed by atoms with Crippen LogP contribution in [0.2, 0.25) is 10.0 Å². The molecular formula is C7H5Cl2OW-. The molecule has 11 heavy (non-hydrogen) atoms. The summed E-state index contributed by atoms with van der Waals surface area (Å²) in [5, 5.41) is 9.63. The Balaban J connectivity index is 0.000001000. The first kappa shape index (κ1) is 11.3. The number of aryl methyl sites for hydroxylation is 1. The molecule has 0 unspecified atom stereocenters. The summed E-state index contributed by atoms with van der Waals surface area (Å²) in [6, 6.07) is 3.98. The van der Waals surface area contributed by atoms with Crippen molar-refractivity contribution >= 4 is 23.2 Å². The Morgan fingerprint density at radius 3 is 2.45 bits per heavy atom. The first-order valence-corrected chi connectivity index (χ1v) is 3.43. The van der Waals surface area contributed by atoms with Crippen LogP contribution < -0.4 is 0 Å². The number of phenols is 1. The second kappa shape index (κ2) is 4.35. The molecule has 0 spiro atoms. The topological polar surface area (TPSA) is 20.2 Å². The minimum atomic E-state index is 0. The molecule has 0 saturated carbocycles. The molecule has 60 valence electrons. The Kier molecular flexibility index (Phi) is 4.46. The van der Waals surface area contributed by atoms with Gasteiger partial charge in [0.15, 0.2) is 0 Å². The van der Waals surface area contributed by atoms with Gasteiger partial charge in [0.1, 0.15) is 0 Å². The molecule has 1 N–H and O–H groups in total. The normalized spacial score (nSPS) is 9.00. The number of aromatic hydroxyl groups is 1. The van der Waals surface area contributed by atoms with Gasteiger partial charge in [-0.2, -0.15) is 11.6 Å². The van der Waals surface area contributed by atoms with E-state index in [-0.39, 0.29) is 31.8 Å². The van der Waals surface area contributed by atoms with Crippen molar-refractivity contribution in [2.24, 2.45) is 0 Å². The molecule has 0 aliphatic carbocycles. The fourth-order valence-electron chi connectivity index (χ4n) is 0.645. The van der Waals surface area contributed by atoms with Gasteiger partial charge in [0.05, 0.1) is 0 Å². The maximum atomic E-state index is 8.92. The second-order valence-electron chi connectivity index (χ2n) is 1.97. The maximum Gasteiger partial charge on any atom is 0.00574 e. The molecule has 1 rings (SSSR count). The molecule has 0 aliphatic heterocycles. The summed E-state index contributed by atoms with van der Waals surface area (Å²) in [5.41, 5.74) is 0.753. The number of phenolic OH excluding ortho intramolecular Hbond substituents is 1. The van der Waals surface area contributed by atoms with Crippen LogP contribution >= 0.6 is 23.2 Å². The monoisotopic (exact) mass is 359 g/mol. The minimum Gasteiger partial charge on any atom is -0.534 e. The summed E-state index contributed by atoms with van der Waals surface area (Å²) in [5.74, 6) is 0.0203. The van der Waals surface area contributed by atoms with Gasteiger partial charge in [0.2, 0.25) is 0 Å². The van der Waals surface area contributed by atoms with Gasteiger partial charge in [-0.25, -0.2) is 0 Å². The third kappa shape index (κ3) is 2.66. The van der Waals surface area contributed by atoms with E-state index in [2.05, 4.69) is 6.07 Å². The van der Waals surface area contributed by atoms with Gasteiger partial charge < -0.3 is 5.11 Å². The van der Waals surface area contributed by atoms with Gasteiger partial charge in [-0.15, -0.1) is 29.3 Å². The van der Waals surface area contributed by atoms with Crippen LogP contribution in [0.15, 0.2) is 6.07 Å². The van der Waals surface area contributed by atoms with Crippen LogP contribution in [-0.2, 0) is 21.1 Å². The van der Waals surface area contributed by atoms with Crippen LogP contribution in [0, 0.1) is 13.0 Å². The van der Waals surface area contributed by atoms with Crippen LogP contribution in [0.1, 0.15) is 5.56 Å². The van der Waals surface area contributed by atoms with Crippen LogP contribution in [0.5, 0.6) is 5.75 Å². The Morgan fingerprint density at radius 1 is 1.45 bits per heavy atom. The number of rotatable bonds is 0. The predicted molar refractivity (Wildman–Crippen MR) is 41.7 cm³/mol. The Morgan fingerprint density at radius 2 is 2.00 bits per heavy atom. The van der Waals surface area contributed by atoms with E-state index in [9.17, 15) is 0 Å². The number of benzene rings is 1. The molecule has 0 aromatic heterocycles. The summed E-state index contributed by atoms with van der Waals surface area (Å²) in [6.45, 7) is 1.77. The van der Waals surface area contributed by atoms with Gasteiger partial charge >= 0.3 is 0 Å². The first-order chi connectivity index (χ1) is 4.61. The van der Waals surface area contributed by atoms with Crippen LogP contribution in [-0.4, -0.2) is 5.11 Å². The number of hydrogen-bond donors (Lipinski definition) is 1. The summed E-state index contributed by atoms with van der Waals surface area (Å²) in [6.07, 6.45) is 0. The van der Waals surface area contributed by atoms with E-state index in [0.717, 1.165) is 5.56 Å². The van der Waals surface area contributed by atoms with Crippen LogP contribution in [0.3, 0.4) is 0 Å². The maximum absolute atomic E-state index is 8.92. The minimum absolute atomic E-state index is 0. The Hall–Kier alpha value is 0.288. The van der Waals surface area contributed by atoms with E-state index >= 15 is 0 Å². The zero-order valence-corrected chi connectivity index (χ0v) is 10.1. The van der Waals surface area contributed by atoms with Gasteiger partial charge in [0, 0.05) is 26.8 Å². The smallest absolute Gasteiger partial charge is 0.00574 e. The molecule has 0 heterocycles. The zero-order valence-electron chi connectivity index (χ0n) is 5.69. The predicted octanol–water partition coefficient (Wildman–Crippen LogP) is 2.81. The molecule has 1 aromatic carbocycles. The van der Waals surface area contributed by atoms with Gasteiger partial charge in [0.25, 0.3) is 0 Å². The molecule has 0 atom stereocenters. The van der Waals surface area contributed by atoms with Gasteiger partial charge in [-0.05, 0) is 5.02 Å². The average Bonchev–Trinajstić information content (AvgIpc) is 1.82. The second-order valence-corrected chi connectivity index (χ2v) is 2.72. The fraction of sp³-hybridized carbons (Fsp3) is 0.143. The SMILES string of the molecule is Cc1cc(O)[c-]c(Cl)c1Cl.[W]. The third-order valence-corrected chi connectivity index (χ3v) is 2.00. The third-order valence-electron chi connectivity index (χ3n) is 1.13. The van der Waals surface area contributed by atoms with E-state index < -0.39 is 0 Å². The quantitative estimate of drug-likeness (QED) is 0.706.